The summed E-state index contributed by atoms with van der Waals surface area (Å²) in [6.07, 6.45) is 1.67. The molecule has 0 aliphatic carbocycles. The molecule has 0 amide bonds. The molecule has 2 aromatic heterocycles. The van der Waals surface area contributed by atoms with Crippen molar-refractivity contribution < 1.29 is 0 Å². The third-order valence-electron chi connectivity index (χ3n) is 1.47. The Morgan fingerprint density at radius 3 is 3.00 bits per heavy atom. The molecule has 2 rings (SSSR count). The maximum atomic E-state index is 4.19. The summed E-state index contributed by atoms with van der Waals surface area (Å²) in [6.45, 7) is 3.80. The molecule has 0 saturated carbocycles. The maximum absolute atomic E-state index is 4.19. The zero-order chi connectivity index (χ0) is 7.84. The molecule has 0 atom stereocenters. The Hall–Kier alpha value is -1.45. The molecule has 0 fully saturated rings. The lowest BCUT2D eigenvalue weighted by molar-refractivity contribution is 0.890. The van der Waals surface area contributed by atoms with E-state index in [2.05, 4.69) is 15.1 Å². The highest BCUT2D eigenvalue weighted by molar-refractivity contribution is 5.37. The second kappa shape index (κ2) is 2.02. The van der Waals surface area contributed by atoms with Gasteiger partial charge in [-0.2, -0.15) is 5.10 Å². The second-order valence-electron chi connectivity index (χ2n) is 2.49. The van der Waals surface area contributed by atoms with Gasteiger partial charge in [-0.3, -0.25) is 0 Å². The fourth-order valence-electron chi connectivity index (χ4n) is 1.000. The molecule has 11 heavy (non-hydrogen) atoms. The third-order valence-corrected chi connectivity index (χ3v) is 1.47. The van der Waals surface area contributed by atoms with Gasteiger partial charge in [-0.15, -0.1) is 0 Å². The first-order valence-electron chi connectivity index (χ1n) is 3.41. The van der Waals surface area contributed by atoms with Crippen LogP contribution in [0.1, 0.15) is 11.5 Å². The number of nitrogens with zero attached hydrogens (tertiary/aromatic N) is 4. The molecule has 0 aliphatic heterocycles. The zero-order valence-electron chi connectivity index (χ0n) is 6.44. The van der Waals surface area contributed by atoms with Crippen molar-refractivity contribution in [2.24, 2.45) is 0 Å². The van der Waals surface area contributed by atoms with Crippen molar-refractivity contribution in [3.63, 3.8) is 0 Å². The molecule has 56 valence electrons. The van der Waals surface area contributed by atoms with Gasteiger partial charge in [0.05, 0.1) is 0 Å². The molecule has 0 aromatic carbocycles. The lowest BCUT2D eigenvalue weighted by atomic mass is 10.4. The van der Waals surface area contributed by atoms with Crippen LogP contribution in [0.15, 0.2) is 12.4 Å². The van der Waals surface area contributed by atoms with Gasteiger partial charge in [0.15, 0.2) is 5.65 Å². The molecule has 4 heteroatoms. The van der Waals surface area contributed by atoms with Gasteiger partial charge in [0, 0.05) is 11.8 Å². The largest absolute Gasteiger partial charge is 0.241 e. The number of aromatic nitrogens is 4. The Morgan fingerprint density at radius 1 is 1.36 bits per heavy atom. The molecule has 0 radical (unpaired) electrons. The topological polar surface area (TPSA) is 43.1 Å². The van der Waals surface area contributed by atoms with Crippen LogP contribution < -0.4 is 0 Å². The first-order chi connectivity index (χ1) is 5.25. The van der Waals surface area contributed by atoms with Crippen LogP contribution in [-0.4, -0.2) is 19.6 Å². The first-order valence-corrected chi connectivity index (χ1v) is 3.41. The molecule has 0 aliphatic rings. The van der Waals surface area contributed by atoms with Crippen LogP contribution in [0, 0.1) is 13.8 Å². The van der Waals surface area contributed by atoms with Crippen molar-refractivity contribution >= 4 is 5.65 Å². The van der Waals surface area contributed by atoms with E-state index in [0.29, 0.717) is 0 Å². The molecule has 4 nitrogen and oxygen atoms in total. The van der Waals surface area contributed by atoms with Gasteiger partial charge in [-0.05, 0) is 13.8 Å². The second-order valence-corrected chi connectivity index (χ2v) is 2.49. The van der Waals surface area contributed by atoms with Gasteiger partial charge in [-0.1, -0.05) is 0 Å². The van der Waals surface area contributed by atoms with E-state index in [0.717, 1.165) is 17.2 Å². The summed E-state index contributed by atoms with van der Waals surface area (Å²) in [5, 5.41) is 4.10. The predicted molar refractivity (Wildman–Crippen MR) is 40.3 cm³/mol. The molecule has 2 aromatic rings. The standard InChI is InChI=1S/C7H8N4/c1-5-3-7-9-6(2)10-11(7)4-8-5/h3-4H,1-2H3. The molecular formula is C7H8N4. The van der Waals surface area contributed by atoms with Gasteiger partial charge in [0.25, 0.3) is 0 Å². The van der Waals surface area contributed by atoms with Crippen molar-refractivity contribution in [1.82, 2.24) is 19.6 Å². The highest BCUT2D eigenvalue weighted by Crippen LogP contribution is 2.00. The van der Waals surface area contributed by atoms with Gasteiger partial charge < -0.3 is 0 Å². The van der Waals surface area contributed by atoms with E-state index in [9.17, 15) is 0 Å². The number of fused-ring (bicyclic) bond motifs is 1. The lowest BCUT2D eigenvalue weighted by Gasteiger charge is -1.90. The summed E-state index contributed by atoms with van der Waals surface area (Å²) in [4.78, 5) is 8.27. The van der Waals surface area contributed by atoms with Crippen molar-refractivity contribution in [3.8, 4) is 0 Å². The summed E-state index contributed by atoms with van der Waals surface area (Å²) >= 11 is 0. The van der Waals surface area contributed by atoms with Crippen LogP contribution >= 0.6 is 0 Å². The minimum Gasteiger partial charge on any atom is -0.241 e. The summed E-state index contributed by atoms with van der Waals surface area (Å²) in [6, 6.07) is 1.90. The summed E-state index contributed by atoms with van der Waals surface area (Å²) in [7, 11) is 0. The van der Waals surface area contributed by atoms with E-state index in [1.54, 1.807) is 10.8 Å². The van der Waals surface area contributed by atoms with E-state index in [4.69, 9.17) is 0 Å². The Bertz CT molecular complexity index is 390. The average Bonchev–Trinajstić information content (AvgIpc) is 2.27. The van der Waals surface area contributed by atoms with E-state index < -0.39 is 0 Å². The fourth-order valence-corrected chi connectivity index (χ4v) is 1.000. The Balaban J connectivity index is 2.82. The van der Waals surface area contributed by atoms with Crippen LogP contribution in [0.4, 0.5) is 0 Å². The minimum absolute atomic E-state index is 0.775. The van der Waals surface area contributed by atoms with E-state index in [-0.39, 0.29) is 0 Å². The lowest BCUT2D eigenvalue weighted by Crippen LogP contribution is -1.90. The minimum atomic E-state index is 0.775. The zero-order valence-corrected chi connectivity index (χ0v) is 6.44. The quantitative estimate of drug-likeness (QED) is 0.553. The molecular weight excluding hydrogens is 140 g/mol. The van der Waals surface area contributed by atoms with Crippen molar-refractivity contribution in [2.45, 2.75) is 13.8 Å². The predicted octanol–water partition coefficient (Wildman–Crippen LogP) is 0.741. The summed E-state index contributed by atoms with van der Waals surface area (Å²) in [5.41, 5.74) is 1.82. The molecule has 0 bridgehead atoms. The monoisotopic (exact) mass is 148 g/mol. The highest BCUT2D eigenvalue weighted by Gasteiger charge is 1.97. The Morgan fingerprint density at radius 2 is 2.18 bits per heavy atom. The van der Waals surface area contributed by atoms with Crippen LogP contribution in [0.5, 0.6) is 0 Å². The molecule has 0 unspecified atom stereocenters. The van der Waals surface area contributed by atoms with Gasteiger partial charge in [0.2, 0.25) is 0 Å². The number of hydrogen-bond donors (Lipinski definition) is 0. The number of hydrogen-bond acceptors (Lipinski definition) is 3. The van der Waals surface area contributed by atoms with E-state index in [1.165, 1.54) is 0 Å². The van der Waals surface area contributed by atoms with E-state index in [1.807, 2.05) is 19.9 Å². The average molecular weight is 148 g/mol. The number of aryl methyl sites for hydroxylation is 2. The maximum Gasteiger partial charge on any atom is 0.159 e. The molecule has 2 heterocycles. The van der Waals surface area contributed by atoms with Gasteiger partial charge in [0.1, 0.15) is 12.2 Å². The third kappa shape index (κ3) is 0.960. The number of rotatable bonds is 0. The van der Waals surface area contributed by atoms with Crippen molar-refractivity contribution in [3.05, 3.63) is 23.9 Å². The van der Waals surface area contributed by atoms with Crippen molar-refractivity contribution in [2.75, 3.05) is 0 Å². The van der Waals surface area contributed by atoms with Gasteiger partial charge >= 0.3 is 0 Å². The smallest absolute Gasteiger partial charge is 0.159 e. The van der Waals surface area contributed by atoms with Gasteiger partial charge in [-0.25, -0.2) is 14.5 Å². The molecule has 0 saturated heterocycles. The molecule has 0 N–H and O–H groups in total. The summed E-state index contributed by atoms with van der Waals surface area (Å²) in [5.74, 6) is 0.775. The van der Waals surface area contributed by atoms with Crippen LogP contribution in [0.2, 0.25) is 0 Å². The molecule has 0 spiro atoms. The SMILES string of the molecule is Cc1cc2nc(C)nn2cn1. The van der Waals surface area contributed by atoms with E-state index >= 15 is 0 Å². The normalized spacial score (nSPS) is 10.7. The van der Waals surface area contributed by atoms with Crippen molar-refractivity contribution in [1.29, 1.82) is 0 Å². The first kappa shape index (κ1) is 6.27. The summed E-state index contributed by atoms with van der Waals surface area (Å²) < 4.78 is 1.67. The Labute approximate surface area is 63.9 Å². The van der Waals surface area contributed by atoms with Crippen LogP contribution in [0.25, 0.3) is 5.65 Å². The van der Waals surface area contributed by atoms with Crippen LogP contribution in [-0.2, 0) is 0 Å². The highest BCUT2D eigenvalue weighted by atomic mass is 15.3. The Kier molecular flexibility index (Phi) is 1.15. The van der Waals surface area contributed by atoms with Crippen LogP contribution in [0.3, 0.4) is 0 Å². The fraction of sp³-hybridized carbons (Fsp3) is 0.286.